The fourth-order valence-corrected chi connectivity index (χ4v) is 5.27. The maximum absolute atomic E-state index is 12.7. The van der Waals surface area contributed by atoms with E-state index in [1.54, 1.807) is 6.08 Å². The van der Waals surface area contributed by atoms with Crippen molar-refractivity contribution < 1.29 is 32.9 Å². The quantitative estimate of drug-likeness (QED) is 0.0329. The van der Waals surface area contributed by atoms with Gasteiger partial charge in [-0.15, -0.1) is 0 Å². The Bertz CT molecular complexity index is 954. The normalized spacial score (nSPS) is 15.5. The molecule has 9 heteroatoms. The molecule has 0 fully saturated rings. The predicted molar refractivity (Wildman–Crippen MR) is 196 cm³/mol. The van der Waals surface area contributed by atoms with Gasteiger partial charge < -0.3 is 28.8 Å². The Balaban J connectivity index is 4.65. The second-order valence-electron chi connectivity index (χ2n) is 13.2. The second-order valence-corrected chi connectivity index (χ2v) is 14.6. The number of rotatable bonds is 31. The Kier molecular flexibility index (Phi) is 29.1. The summed E-state index contributed by atoms with van der Waals surface area (Å²) < 4.78 is 23.0. The van der Waals surface area contributed by atoms with E-state index in [1.807, 2.05) is 27.2 Å². The molecule has 0 aromatic rings. The zero-order valence-corrected chi connectivity index (χ0v) is 31.3. The number of amides is 1. The van der Waals surface area contributed by atoms with Crippen LogP contribution in [0.2, 0.25) is 0 Å². The first-order valence-electron chi connectivity index (χ1n) is 18.2. The molecule has 2 N–H and O–H groups in total. The van der Waals surface area contributed by atoms with Gasteiger partial charge >= 0.3 is 0 Å². The third-order valence-corrected chi connectivity index (χ3v) is 8.45. The standard InChI is InChI=1S/C38H69N2O6P/c1-6-8-10-12-14-16-18-19-20-21-22-24-26-28-30-32-38(42)39-36(35-46-47(43,44)45-34-33-40(3,4)5)37(41)31-29-27-25-23-17-15-13-11-9-7-2/h8,10,14,16,19-20,22,24,29,31,36-37,41H,6-7,9,11-13,15,17-18,21,23,25-28,30,32-35H2,1-5H3,(H-,39,42,43,44)/b10-8-,16-14-,20-19-,24-22-,31-29+. The Morgan fingerprint density at radius 2 is 1.30 bits per heavy atom. The van der Waals surface area contributed by atoms with Gasteiger partial charge in [0.1, 0.15) is 13.2 Å². The molecule has 3 atom stereocenters. The van der Waals surface area contributed by atoms with Crippen LogP contribution in [0.1, 0.15) is 123 Å². The number of hydrogen-bond donors (Lipinski definition) is 2. The van der Waals surface area contributed by atoms with Crippen LogP contribution in [0.3, 0.4) is 0 Å². The number of carbonyl (C=O) groups is 1. The van der Waals surface area contributed by atoms with Gasteiger partial charge in [0.15, 0.2) is 0 Å². The van der Waals surface area contributed by atoms with Crippen molar-refractivity contribution in [1.82, 2.24) is 5.32 Å². The Morgan fingerprint density at radius 1 is 0.766 bits per heavy atom. The van der Waals surface area contributed by atoms with E-state index in [2.05, 4.69) is 67.8 Å². The van der Waals surface area contributed by atoms with Crippen molar-refractivity contribution in [3.05, 3.63) is 60.8 Å². The monoisotopic (exact) mass is 680 g/mol. The highest BCUT2D eigenvalue weighted by Gasteiger charge is 2.23. The zero-order valence-electron chi connectivity index (χ0n) is 30.5. The van der Waals surface area contributed by atoms with Gasteiger partial charge in [0.05, 0.1) is 39.9 Å². The maximum atomic E-state index is 12.7. The number of quaternary nitrogens is 1. The van der Waals surface area contributed by atoms with Crippen molar-refractivity contribution >= 4 is 13.7 Å². The summed E-state index contributed by atoms with van der Waals surface area (Å²) in [5, 5.41) is 13.6. The molecule has 0 spiro atoms. The first-order valence-corrected chi connectivity index (χ1v) is 19.6. The summed E-state index contributed by atoms with van der Waals surface area (Å²) in [5.41, 5.74) is 0. The molecule has 0 heterocycles. The van der Waals surface area contributed by atoms with Gasteiger partial charge in [-0.3, -0.25) is 9.36 Å². The van der Waals surface area contributed by atoms with Crippen molar-refractivity contribution in [3.8, 4) is 0 Å². The number of phosphoric acid groups is 1. The number of phosphoric ester groups is 1. The molecule has 0 aliphatic carbocycles. The van der Waals surface area contributed by atoms with E-state index in [0.717, 1.165) is 57.8 Å². The van der Waals surface area contributed by atoms with Gasteiger partial charge in [-0.25, -0.2) is 0 Å². The summed E-state index contributed by atoms with van der Waals surface area (Å²) in [4.78, 5) is 25.1. The summed E-state index contributed by atoms with van der Waals surface area (Å²) >= 11 is 0. The van der Waals surface area contributed by atoms with Gasteiger partial charge in [0.2, 0.25) is 5.91 Å². The van der Waals surface area contributed by atoms with Crippen LogP contribution in [0.25, 0.3) is 0 Å². The third kappa shape index (κ3) is 32.5. The lowest BCUT2D eigenvalue weighted by Gasteiger charge is -2.29. The number of aliphatic hydroxyl groups excluding tert-OH is 1. The average Bonchev–Trinajstić information content (AvgIpc) is 3.01. The first kappa shape index (κ1) is 45.2. The lowest BCUT2D eigenvalue weighted by Crippen LogP contribution is -2.45. The van der Waals surface area contributed by atoms with Gasteiger partial charge in [-0.05, 0) is 57.8 Å². The van der Waals surface area contributed by atoms with Crippen LogP contribution >= 0.6 is 7.82 Å². The number of allylic oxidation sites excluding steroid dienone is 9. The summed E-state index contributed by atoms with van der Waals surface area (Å²) in [6.45, 7) is 4.43. The first-order chi connectivity index (χ1) is 22.5. The van der Waals surface area contributed by atoms with Crippen LogP contribution in [-0.4, -0.2) is 68.5 Å². The molecule has 0 aromatic carbocycles. The number of likely N-dealkylation sites (N-methyl/N-ethyl adjacent to an activating group) is 1. The van der Waals surface area contributed by atoms with Crippen LogP contribution in [0.4, 0.5) is 0 Å². The summed E-state index contributed by atoms with van der Waals surface area (Å²) in [6.07, 6.45) is 37.0. The smallest absolute Gasteiger partial charge is 0.268 e. The highest BCUT2D eigenvalue weighted by molar-refractivity contribution is 7.45. The summed E-state index contributed by atoms with van der Waals surface area (Å²) in [5.74, 6) is -0.244. The fraction of sp³-hybridized carbons (Fsp3) is 0.711. The fourth-order valence-electron chi connectivity index (χ4n) is 4.55. The number of hydrogen-bond acceptors (Lipinski definition) is 6. The van der Waals surface area contributed by atoms with Crippen LogP contribution in [0, 0.1) is 0 Å². The topological polar surface area (TPSA) is 108 Å². The number of nitrogens with one attached hydrogen (secondary N) is 1. The van der Waals surface area contributed by atoms with Crippen LogP contribution in [0.15, 0.2) is 60.8 Å². The van der Waals surface area contributed by atoms with Gasteiger partial charge in [-0.2, -0.15) is 0 Å². The number of nitrogens with zero attached hydrogens (tertiary/aromatic N) is 1. The summed E-state index contributed by atoms with van der Waals surface area (Å²) in [6, 6.07) is -0.907. The molecular weight excluding hydrogens is 611 g/mol. The molecule has 272 valence electrons. The minimum absolute atomic E-state index is 0.0123. The molecule has 0 rings (SSSR count). The van der Waals surface area contributed by atoms with E-state index in [1.165, 1.54) is 38.5 Å². The Hall–Kier alpha value is -1.80. The maximum Gasteiger partial charge on any atom is 0.268 e. The molecule has 0 aliphatic heterocycles. The van der Waals surface area contributed by atoms with Gasteiger partial charge in [-0.1, -0.05) is 120 Å². The molecule has 0 bridgehead atoms. The van der Waals surface area contributed by atoms with E-state index in [-0.39, 0.29) is 18.9 Å². The zero-order chi connectivity index (χ0) is 35.1. The lowest BCUT2D eigenvalue weighted by molar-refractivity contribution is -0.870. The minimum Gasteiger partial charge on any atom is -0.756 e. The van der Waals surface area contributed by atoms with E-state index in [0.29, 0.717) is 17.4 Å². The van der Waals surface area contributed by atoms with Gasteiger partial charge in [0.25, 0.3) is 7.82 Å². The van der Waals surface area contributed by atoms with Crippen LogP contribution < -0.4 is 10.2 Å². The molecular formula is C38H69N2O6P. The van der Waals surface area contributed by atoms with E-state index >= 15 is 0 Å². The molecule has 8 nitrogen and oxygen atoms in total. The van der Waals surface area contributed by atoms with Crippen molar-refractivity contribution in [3.63, 3.8) is 0 Å². The van der Waals surface area contributed by atoms with E-state index in [9.17, 15) is 19.4 Å². The minimum atomic E-state index is -4.59. The SMILES string of the molecule is CC/C=C\C/C=C\C/C=C\C/C=C\CCCCC(=O)NC(COP(=O)([O-])OCC[N+](C)(C)C)C(O)/C=C/CCCCCCCCCC. The number of unbranched alkanes of at least 4 members (excludes halogenated alkanes) is 10. The van der Waals surface area contributed by atoms with E-state index < -0.39 is 26.6 Å². The van der Waals surface area contributed by atoms with Crippen molar-refractivity contribution in [2.75, 3.05) is 40.9 Å². The molecule has 0 radical (unpaired) electrons. The molecule has 0 saturated carbocycles. The molecule has 0 aromatic heterocycles. The molecule has 0 aliphatic rings. The van der Waals surface area contributed by atoms with Crippen molar-refractivity contribution in [2.45, 2.75) is 135 Å². The molecule has 0 saturated heterocycles. The van der Waals surface area contributed by atoms with E-state index in [4.69, 9.17) is 9.05 Å². The highest BCUT2D eigenvalue weighted by atomic mass is 31.2. The molecule has 3 unspecified atom stereocenters. The van der Waals surface area contributed by atoms with Crippen LogP contribution in [0.5, 0.6) is 0 Å². The molecule has 1 amide bonds. The largest absolute Gasteiger partial charge is 0.756 e. The Morgan fingerprint density at radius 3 is 1.89 bits per heavy atom. The second kappa shape index (κ2) is 30.3. The predicted octanol–water partition coefficient (Wildman–Crippen LogP) is 8.49. The average molecular weight is 681 g/mol. The highest BCUT2D eigenvalue weighted by Crippen LogP contribution is 2.38. The third-order valence-electron chi connectivity index (χ3n) is 7.48. The number of aliphatic hydroxyl groups is 1. The Labute approximate surface area is 288 Å². The van der Waals surface area contributed by atoms with Crippen molar-refractivity contribution in [1.29, 1.82) is 0 Å². The molecule has 47 heavy (non-hydrogen) atoms. The van der Waals surface area contributed by atoms with Crippen molar-refractivity contribution in [2.24, 2.45) is 0 Å². The van der Waals surface area contributed by atoms with Crippen LogP contribution in [-0.2, 0) is 18.4 Å². The number of carbonyl (C=O) groups excluding carboxylic acids is 1. The lowest BCUT2D eigenvalue weighted by atomic mass is 10.1. The summed E-state index contributed by atoms with van der Waals surface area (Å²) in [7, 11) is 1.22. The van der Waals surface area contributed by atoms with Gasteiger partial charge in [0, 0.05) is 6.42 Å².